The lowest BCUT2D eigenvalue weighted by molar-refractivity contribution is -0.193. The third kappa shape index (κ3) is 29.4. The summed E-state index contributed by atoms with van der Waals surface area (Å²) in [4.78, 5) is 52.3. The molecule has 0 unspecified atom stereocenters. The summed E-state index contributed by atoms with van der Waals surface area (Å²) < 4.78 is 139. The van der Waals surface area contributed by atoms with Gasteiger partial charge in [-0.25, -0.2) is 39.1 Å². The maximum atomic E-state index is 10.6. The van der Waals surface area contributed by atoms with Gasteiger partial charge in [0.25, 0.3) is 0 Å². The molecule has 0 bridgehead atoms. The molecule has 0 aromatic heterocycles. The van der Waals surface area contributed by atoms with Gasteiger partial charge in [0.2, 0.25) is 0 Å². The van der Waals surface area contributed by atoms with Crippen molar-refractivity contribution >= 4 is 59.1 Å². The van der Waals surface area contributed by atoms with Gasteiger partial charge in [-0.3, -0.25) is 0 Å². The van der Waals surface area contributed by atoms with Crippen LogP contribution in [-0.2, 0) is 19.2 Å². The number of hydrogen-bond acceptors (Lipinski definition) is 10. The Labute approximate surface area is 361 Å². The molecular weight excluding hydrogens is 944 g/mol. The van der Waals surface area contributed by atoms with E-state index >= 15 is 0 Å². The minimum atomic E-state index is -5.08. The predicted octanol–water partition coefficient (Wildman–Crippen LogP) is 1.11. The molecule has 2 aromatic carbocycles. The van der Waals surface area contributed by atoms with Gasteiger partial charge in [-0.15, -0.1) is 0 Å². The first-order valence-corrected chi connectivity index (χ1v) is 16.0. The van der Waals surface area contributed by atoms with Crippen LogP contribution in [-0.4, -0.2) is 123 Å². The first kappa shape index (κ1) is 64.7. The largest absolute Gasteiger partial charge is 0.490 e. The molecule has 0 aliphatic heterocycles. The zero-order valence-electron chi connectivity index (χ0n) is 32.0. The normalized spacial score (nSPS) is 16.2. The summed E-state index contributed by atoms with van der Waals surface area (Å²) in [5.41, 5.74) is 45.6. The number of carbonyl (C=O) groups is 4. The molecule has 4 atom stereocenters. The minimum Gasteiger partial charge on any atom is -0.488 e. The standard InChI is InChI=1S/C22H32N12O2.4C2HF3O2.CH4.H2O/c23-19(24)31-11-1-5-13(6-2-11)35-17-10-18(16(34-22(29)30)9-15(17)33-21(27)28)36-14-7-3-12(4-8-14)32-20(25)26;4*3-2(4,5)1(6)7;;/h1-8,15-18H,9-10H2,(H4,23,24,31)(H4,25,26,32)(H4,27,28,33)(H4,29,30,34);4*(H,6,7);1H4;1H2/t15-,16+,17-,18+;;;;;;. The van der Waals surface area contributed by atoms with E-state index in [0.29, 0.717) is 35.7 Å². The number of aliphatic carboxylic acids is 4. The highest BCUT2D eigenvalue weighted by Gasteiger charge is 2.42. The third-order valence-electron chi connectivity index (χ3n) is 6.17. The molecule has 1 fully saturated rings. The summed E-state index contributed by atoms with van der Waals surface area (Å²) in [6.45, 7) is 0. The van der Waals surface area contributed by atoms with Gasteiger partial charge in [0, 0.05) is 6.42 Å². The number of nitrogens with two attached hydrogens (primary N) is 8. The molecule has 3 rings (SSSR count). The van der Waals surface area contributed by atoms with Crippen LogP contribution >= 0.6 is 0 Å². The van der Waals surface area contributed by atoms with Crippen LogP contribution in [0, 0.1) is 0 Å². The number of carboxylic acids is 4. The second-order valence-corrected chi connectivity index (χ2v) is 11.3. The van der Waals surface area contributed by atoms with E-state index in [0.717, 1.165) is 0 Å². The Balaban J connectivity index is -0.000000519. The first-order chi connectivity index (χ1) is 28.9. The van der Waals surface area contributed by atoms with E-state index in [1.165, 1.54) is 0 Å². The molecule has 23 nitrogen and oxygen atoms in total. The zero-order valence-corrected chi connectivity index (χ0v) is 32.0. The predicted molar refractivity (Wildman–Crippen MR) is 206 cm³/mol. The number of carboxylic acid groups (broad SMARTS) is 4. The van der Waals surface area contributed by atoms with Crippen molar-refractivity contribution in [3.8, 4) is 11.5 Å². The molecule has 35 heteroatoms. The van der Waals surface area contributed by atoms with E-state index in [4.69, 9.17) is 94.9 Å². The van der Waals surface area contributed by atoms with Gasteiger partial charge in [0.1, 0.15) is 23.7 Å². The summed E-state index contributed by atoms with van der Waals surface area (Å²) in [5.74, 6) is -10.1. The lowest BCUT2D eigenvalue weighted by Crippen LogP contribution is -2.50. The van der Waals surface area contributed by atoms with E-state index in [2.05, 4.69) is 20.0 Å². The van der Waals surface area contributed by atoms with E-state index in [9.17, 15) is 52.7 Å². The number of guanidine groups is 4. The molecule has 376 valence electrons. The van der Waals surface area contributed by atoms with Crippen LogP contribution in [0.1, 0.15) is 20.3 Å². The molecule has 2 aromatic rings. The summed E-state index contributed by atoms with van der Waals surface area (Å²) in [5, 5.41) is 28.5. The Hall–Kier alpha value is -7.88. The SMILES string of the molecule is C.NC(N)=Nc1ccc(O[C@H]2C[C@@H](Oc3ccc(N=C(N)N)cc3)[C@H](N=C(N)N)C[C@@H]2N=C(N)N)cc1.O.O=C(O)C(F)(F)F.O=C(O)C(F)(F)F.O=C(O)C(F)(F)F.O=C(O)C(F)(F)F. The second kappa shape index (κ2) is 28.0. The summed E-state index contributed by atoms with van der Waals surface area (Å²) in [7, 11) is 0. The van der Waals surface area contributed by atoms with Crippen molar-refractivity contribution in [1.29, 1.82) is 0 Å². The van der Waals surface area contributed by atoms with Crippen molar-refractivity contribution in [3.63, 3.8) is 0 Å². The highest BCUT2D eigenvalue weighted by Crippen LogP contribution is 2.32. The maximum absolute atomic E-state index is 10.6. The van der Waals surface area contributed by atoms with Gasteiger partial charge in [-0.2, -0.15) is 52.7 Å². The lowest BCUT2D eigenvalue weighted by Gasteiger charge is -2.38. The fourth-order valence-corrected chi connectivity index (χ4v) is 3.85. The Kier molecular flexibility index (Phi) is 27.5. The van der Waals surface area contributed by atoms with Gasteiger partial charge in [-0.05, 0) is 55.0 Å². The minimum absolute atomic E-state index is 0. The van der Waals surface area contributed by atoms with Crippen molar-refractivity contribution in [2.45, 2.75) is 69.3 Å². The van der Waals surface area contributed by atoms with E-state index in [1.807, 2.05) is 0 Å². The van der Waals surface area contributed by atoms with Crippen LogP contribution in [0.5, 0.6) is 11.5 Å². The van der Waals surface area contributed by atoms with Gasteiger partial charge in [0.05, 0.1) is 23.5 Å². The van der Waals surface area contributed by atoms with Gasteiger partial charge >= 0.3 is 48.6 Å². The average Bonchev–Trinajstić information content (AvgIpc) is 3.10. The molecule has 66 heavy (non-hydrogen) atoms. The fourth-order valence-electron chi connectivity index (χ4n) is 3.85. The average molecular weight is 987 g/mol. The Morgan fingerprint density at radius 3 is 0.833 bits per heavy atom. The Bertz CT molecular complexity index is 1760. The molecule has 1 saturated carbocycles. The molecule has 0 saturated heterocycles. The Morgan fingerprint density at radius 2 is 0.667 bits per heavy atom. The number of aliphatic imine (C=N–C) groups is 4. The zero-order chi connectivity index (χ0) is 50.6. The number of nitrogens with zero attached hydrogens (tertiary/aromatic N) is 4. The van der Waals surface area contributed by atoms with E-state index in [1.54, 1.807) is 48.5 Å². The van der Waals surface area contributed by atoms with Crippen molar-refractivity contribution in [2.75, 3.05) is 0 Å². The van der Waals surface area contributed by atoms with Crippen molar-refractivity contribution in [3.05, 3.63) is 48.5 Å². The van der Waals surface area contributed by atoms with Crippen molar-refractivity contribution < 1.29 is 107 Å². The molecule has 1 aliphatic rings. The fraction of sp³-hybridized carbons (Fsp3) is 0.355. The monoisotopic (exact) mass is 986 g/mol. The van der Waals surface area contributed by atoms with Crippen LogP contribution in [0.3, 0.4) is 0 Å². The summed E-state index contributed by atoms with van der Waals surface area (Å²) >= 11 is 0. The maximum Gasteiger partial charge on any atom is 0.490 e. The van der Waals surface area contributed by atoms with Crippen LogP contribution in [0.25, 0.3) is 0 Å². The smallest absolute Gasteiger partial charge is 0.488 e. The van der Waals surface area contributed by atoms with Gasteiger partial charge in [-0.1, -0.05) is 7.43 Å². The van der Waals surface area contributed by atoms with Gasteiger partial charge in [0.15, 0.2) is 23.8 Å². The quantitative estimate of drug-likeness (QED) is 0.100. The van der Waals surface area contributed by atoms with Crippen molar-refractivity contribution in [1.82, 2.24) is 0 Å². The van der Waals surface area contributed by atoms with E-state index < -0.39 is 72.9 Å². The molecule has 0 spiro atoms. The van der Waals surface area contributed by atoms with Crippen LogP contribution in [0.15, 0.2) is 68.5 Å². The molecular formula is C31H42F12N12O11. The highest BCUT2D eigenvalue weighted by atomic mass is 19.4. The highest BCUT2D eigenvalue weighted by molar-refractivity contribution is 5.80. The number of rotatable bonds is 8. The number of alkyl halides is 12. The third-order valence-corrected chi connectivity index (χ3v) is 6.17. The number of halogens is 12. The summed E-state index contributed by atoms with van der Waals surface area (Å²) in [6.07, 6.45) is -20.5. The number of hydrogen-bond donors (Lipinski definition) is 12. The molecule has 1 aliphatic carbocycles. The number of benzene rings is 2. The van der Waals surface area contributed by atoms with Crippen LogP contribution in [0.4, 0.5) is 64.1 Å². The number of ether oxygens (including phenoxy) is 2. The molecule has 0 amide bonds. The summed E-state index contributed by atoms with van der Waals surface area (Å²) in [6, 6.07) is 13.0. The molecule has 0 heterocycles. The van der Waals surface area contributed by atoms with Crippen molar-refractivity contribution in [2.24, 2.45) is 65.8 Å². The molecule has 22 N–H and O–H groups in total. The van der Waals surface area contributed by atoms with Crippen LogP contribution < -0.4 is 55.3 Å². The van der Waals surface area contributed by atoms with E-state index in [-0.39, 0.29) is 36.7 Å². The topological polar surface area (TPSA) is 457 Å². The second-order valence-electron chi connectivity index (χ2n) is 11.3. The first-order valence-electron chi connectivity index (χ1n) is 16.0. The molecule has 0 radical (unpaired) electrons. The van der Waals surface area contributed by atoms with Gasteiger partial charge < -0.3 is 81.2 Å². The van der Waals surface area contributed by atoms with Crippen LogP contribution in [0.2, 0.25) is 0 Å². The Morgan fingerprint density at radius 1 is 0.455 bits per heavy atom. The lowest BCUT2D eigenvalue weighted by atomic mass is 9.86.